The summed E-state index contributed by atoms with van der Waals surface area (Å²) in [6.45, 7) is -1.63. The molecule has 2 aromatic rings. The molecule has 0 amide bonds. The van der Waals surface area contributed by atoms with Gasteiger partial charge in [-0.3, -0.25) is 9.36 Å². The molecular formula is C12H8F3NO3. The van der Waals surface area contributed by atoms with E-state index in [0.717, 1.165) is 6.07 Å². The van der Waals surface area contributed by atoms with E-state index in [4.69, 9.17) is 5.11 Å². The third-order valence-corrected chi connectivity index (χ3v) is 2.58. The first-order chi connectivity index (χ1) is 8.79. The number of carbonyl (C=O) groups is 1. The average molecular weight is 271 g/mol. The van der Waals surface area contributed by atoms with E-state index < -0.39 is 29.9 Å². The van der Waals surface area contributed by atoms with Gasteiger partial charge in [-0.1, -0.05) is 18.2 Å². The van der Waals surface area contributed by atoms with Crippen LogP contribution in [0.4, 0.5) is 13.2 Å². The number of alkyl halides is 3. The van der Waals surface area contributed by atoms with E-state index in [1.54, 1.807) is 6.07 Å². The zero-order chi connectivity index (χ0) is 14.2. The molecule has 1 heterocycles. The molecule has 0 atom stereocenters. The Kier molecular flexibility index (Phi) is 3.05. The van der Waals surface area contributed by atoms with Crippen LogP contribution in [0.15, 0.2) is 35.1 Å². The number of carboxylic acids is 1. The molecular weight excluding hydrogens is 263 g/mol. The van der Waals surface area contributed by atoms with Gasteiger partial charge in [0.25, 0.3) is 5.56 Å². The monoisotopic (exact) mass is 271 g/mol. The number of hydrogen-bond donors (Lipinski definition) is 1. The maximum absolute atomic E-state index is 12.4. The van der Waals surface area contributed by atoms with Gasteiger partial charge in [-0.15, -0.1) is 0 Å². The molecule has 0 fully saturated rings. The molecule has 0 aliphatic rings. The summed E-state index contributed by atoms with van der Waals surface area (Å²) < 4.78 is 37.5. The molecule has 0 aliphatic heterocycles. The third-order valence-electron chi connectivity index (χ3n) is 2.58. The van der Waals surface area contributed by atoms with Crippen LogP contribution in [0.25, 0.3) is 10.8 Å². The number of benzene rings is 1. The molecule has 0 saturated heterocycles. The lowest BCUT2D eigenvalue weighted by molar-refractivity contribution is -0.141. The Morgan fingerprint density at radius 3 is 2.47 bits per heavy atom. The van der Waals surface area contributed by atoms with Gasteiger partial charge < -0.3 is 5.11 Å². The molecule has 0 aliphatic carbocycles. The first-order valence-corrected chi connectivity index (χ1v) is 5.22. The standard InChI is InChI=1S/C12H8F3NO3/c13-12(14,15)6-16-9(11(18)19)5-7-3-1-2-4-8(7)10(16)17/h1-5H,6H2,(H,18,19). The summed E-state index contributed by atoms with van der Waals surface area (Å²) in [5.74, 6) is -1.58. The molecule has 100 valence electrons. The number of aromatic nitrogens is 1. The molecule has 0 unspecified atom stereocenters. The second kappa shape index (κ2) is 4.42. The van der Waals surface area contributed by atoms with E-state index in [-0.39, 0.29) is 9.95 Å². The molecule has 4 nitrogen and oxygen atoms in total. The van der Waals surface area contributed by atoms with Crippen molar-refractivity contribution in [2.75, 3.05) is 0 Å². The van der Waals surface area contributed by atoms with Gasteiger partial charge >= 0.3 is 12.1 Å². The Labute approximate surface area is 104 Å². The van der Waals surface area contributed by atoms with Crippen molar-refractivity contribution in [1.29, 1.82) is 0 Å². The second-order valence-electron chi connectivity index (χ2n) is 3.93. The van der Waals surface area contributed by atoms with Gasteiger partial charge in [0.2, 0.25) is 0 Å². The van der Waals surface area contributed by atoms with Crippen LogP contribution in [0.2, 0.25) is 0 Å². The number of rotatable bonds is 2. The van der Waals surface area contributed by atoms with Crippen molar-refractivity contribution in [2.24, 2.45) is 0 Å². The number of carboxylic acid groups (broad SMARTS) is 1. The van der Waals surface area contributed by atoms with E-state index in [1.807, 2.05) is 0 Å². The number of pyridine rings is 1. The van der Waals surface area contributed by atoms with Crippen molar-refractivity contribution in [2.45, 2.75) is 12.7 Å². The molecule has 1 N–H and O–H groups in total. The fourth-order valence-corrected chi connectivity index (χ4v) is 1.81. The summed E-state index contributed by atoms with van der Waals surface area (Å²) in [4.78, 5) is 22.9. The van der Waals surface area contributed by atoms with Gasteiger partial charge in [0, 0.05) is 5.39 Å². The lowest BCUT2D eigenvalue weighted by atomic mass is 10.1. The van der Waals surface area contributed by atoms with Crippen LogP contribution >= 0.6 is 0 Å². The molecule has 0 spiro atoms. The summed E-state index contributed by atoms with van der Waals surface area (Å²) in [5.41, 5.74) is -1.64. The minimum absolute atomic E-state index is 0.0525. The van der Waals surface area contributed by atoms with Gasteiger partial charge in [-0.05, 0) is 17.5 Å². The Hall–Kier alpha value is -2.31. The highest BCUT2D eigenvalue weighted by molar-refractivity contribution is 5.92. The highest BCUT2D eigenvalue weighted by Crippen LogP contribution is 2.19. The van der Waals surface area contributed by atoms with Crippen molar-refractivity contribution in [3.63, 3.8) is 0 Å². The van der Waals surface area contributed by atoms with Crippen LogP contribution in [0, 0.1) is 0 Å². The van der Waals surface area contributed by atoms with E-state index in [1.165, 1.54) is 18.2 Å². The van der Waals surface area contributed by atoms with Crippen LogP contribution in [0.3, 0.4) is 0 Å². The Morgan fingerprint density at radius 2 is 1.89 bits per heavy atom. The van der Waals surface area contributed by atoms with Crippen LogP contribution in [0.5, 0.6) is 0 Å². The summed E-state index contributed by atoms with van der Waals surface area (Å²) >= 11 is 0. The predicted octanol–water partition coefficient (Wildman–Crippen LogP) is 2.26. The Morgan fingerprint density at radius 1 is 1.26 bits per heavy atom. The third kappa shape index (κ3) is 2.59. The lowest BCUT2D eigenvalue weighted by Gasteiger charge is -2.13. The fraction of sp³-hybridized carbons (Fsp3) is 0.167. The quantitative estimate of drug-likeness (QED) is 0.911. The zero-order valence-electron chi connectivity index (χ0n) is 9.44. The number of aromatic carboxylic acids is 1. The predicted molar refractivity (Wildman–Crippen MR) is 61.2 cm³/mol. The summed E-state index contributed by atoms with van der Waals surface area (Å²) in [6.07, 6.45) is -4.67. The first-order valence-electron chi connectivity index (χ1n) is 5.22. The van der Waals surface area contributed by atoms with Crippen LogP contribution in [-0.2, 0) is 6.54 Å². The minimum atomic E-state index is -4.67. The van der Waals surface area contributed by atoms with Crippen molar-refractivity contribution in [3.05, 3.63) is 46.4 Å². The van der Waals surface area contributed by atoms with Gasteiger partial charge in [-0.2, -0.15) is 13.2 Å². The Bertz CT molecular complexity index is 703. The molecule has 0 saturated carbocycles. The van der Waals surface area contributed by atoms with E-state index in [0.29, 0.717) is 5.39 Å². The highest BCUT2D eigenvalue weighted by Gasteiger charge is 2.31. The number of nitrogens with zero attached hydrogens (tertiary/aromatic N) is 1. The van der Waals surface area contributed by atoms with E-state index in [9.17, 15) is 22.8 Å². The second-order valence-corrected chi connectivity index (χ2v) is 3.93. The Balaban J connectivity index is 2.79. The molecule has 1 aromatic heterocycles. The van der Waals surface area contributed by atoms with Gasteiger partial charge in [0.1, 0.15) is 12.2 Å². The molecule has 2 rings (SSSR count). The molecule has 1 aromatic carbocycles. The van der Waals surface area contributed by atoms with Crippen molar-refractivity contribution in [1.82, 2.24) is 4.57 Å². The fourth-order valence-electron chi connectivity index (χ4n) is 1.81. The topological polar surface area (TPSA) is 59.3 Å². The van der Waals surface area contributed by atoms with Crippen LogP contribution < -0.4 is 5.56 Å². The lowest BCUT2D eigenvalue weighted by Crippen LogP contribution is -2.32. The molecule has 0 bridgehead atoms. The first kappa shape index (κ1) is 13.1. The molecule has 7 heteroatoms. The maximum Gasteiger partial charge on any atom is 0.406 e. The van der Waals surface area contributed by atoms with Crippen molar-refractivity contribution in [3.8, 4) is 0 Å². The largest absolute Gasteiger partial charge is 0.477 e. The van der Waals surface area contributed by atoms with Crippen LogP contribution in [0.1, 0.15) is 10.5 Å². The summed E-state index contributed by atoms with van der Waals surface area (Å²) in [6, 6.07) is 6.96. The van der Waals surface area contributed by atoms with E-state index in [2.05, 4.69) is 0 Å². The SMILES string of the molecule is O=C(O)c1cc2ccccc2c(=O)n1CC(F)(F)F. The highest BCUT2D eigenvalue weighted by atomic mass is 19.4. The van der Waals surface area contributed by atoms with Crippen LogP contribution in [-0.4, -0.2) is 21.8 Å². The van der Waals surface area contributed by atoms with Gasteiger partial charge in [-0.25, -0.2) is 4.79 Å². The van der Waals surface area contributed by atoms with E-state index >= 15 is 0 Å². The number of hydrogen-bond acceptors (Lipinski definition) is 2. The maximum atomic E-state index is 12.4. The summed E-state index contributed by atoms with van der Waals surface area (Å²) in [5, 5.41) is 9.27. The number of halogens is 3. The van der Waals surface area contributed by atoms with Crippen molar-refractivity contribution < 1.29 is 23.1 Å². The minimum Gasteiger partial charge on any atom is -0.477 e. The van der Waals surface area contributed by atoms with Gasteiger partial charge in [0.05, 0.1) is 0 Å². The number of fused-ring (bicyclic) bond motifs is 1. The van der Waals surface area contributed by atoms with Gasteiger partial charge in [0.15, 0.2) is 0 Å². The summed E-state index contributed by atoms with van der Waals surface area (Å²) in [7, 11) is 0. The van der Waals surface area contributed by atoms with Crippen molar-refractivity contribution >= 4 is 16.7 Å². The smallest absolute Gasteiger partial charge is 0.406 e. The molecule has 0 radical (unpaired) electrons. The normalized spacial score (nSPS) is 11.7. The zero-order valence-corrected chi connectivity index (χ0v) is 9.44. The molecule has 19 heavy (non-hydrogen) atoms. The average Bonchev–Trinajstić information content (AvgIpc) is 2.31.